The molecule has 8 atom stereocenters. The molecule has 0 saturated heterocycles. The molecule has 27 heavy (non-hydrogen) atoms. The maximum atomic E-state index is 12.5. The van der Waals surface area contributed by atoms with Crippen LogP contribution < -0.4 is 0 Å². The standard InChI is InChI=1S/C25H40O2/c1-5-6-23(27)17-11-13-24(3)18(15-17)7-8-19-21-10-9-20(16(2)26)25(21,4)14-12-22(19)24/h17-22H,5-15H2,1-4H3/t17-,18+,19+,20-,21+,22+,24+,25-/m1/s1. The minimum atomic E-state index is 0.268. The van der Waals surface area contributed by atoms with Gasteiger partial charge in [-0.1, -0.05) is 20.8 Å². The predicted octanol–water partition coefficient (Wildman–Crippen LogP) is 6.22. The molecular weight excluding hydrogens is 332 g/mol. The molecular formula is C25H40O2. The monoisotopic (exact) mass is 372 g/mol. The van der Waals surface area contributed by atoms with Crippen molar-refractivity contribution in [2.24, 2.45) is 46.3 Å². The molecule has 0 aliphatic heterocycles. The topological polar surface area (TPSA) is 34.1 Å². The summed E-state index contributed by atoms with van der Waals surface area (Å²) in [5.74, 6) is 4.83. The Labute approximate surface area is 166 Å². The van der Waals surface area contributed by atoms with Gasteiger partial charge in [0.25, 0.3) is 0 Å². The van der Waals surface area contributed by atoms with E-state index in [4.69, 9.17) is 0 Å². The predicted molar refractivity (Wildman–Crippen MR) is 109 cm³/mol. The molecule has 4 aliphatic carbocycles. The van der Waals surface area contributed by atoms with Crippen molar-refractivity contribution >= 4 is 11.6 Å². The number of rotatable bonds is 4. The van der Waals surface area contributed by atoms with E-state index in [0.29, 0.717) is 28.8 Å². The Morgan fingerprint density at radius 3 is 2.30 bits per heavy atom. The summed E-state index contributed by atoms with van der Waals surface area (Å²) in [6.07, 6.45) is 13.0. The van der Waals surface area contributed by atoms with Crippen molar-refractivity contribution in [2.45, 2.75) is 98.3 Å². The van der Waals surface area contributed by atoms with Crippen molar-refractivity contribution in [1.82, 2.24) is 0 Å². The molecule has 0 N–H and O–H groups in total. The third-order valence-corrected chi connectivity index (χ3v) is 10.1. The molecule has 4 rings (SSSR count). The molecule has 2 heteroatoms. The van der Waals surface area contributed by atoms with Crippen molar-refractivity contribution in [3.8, 4) is 0 Å². The van der Waals surface area contributed by atoms with Gasteiger partial charge in [0.15, 0.2) is 0 Å². The van der Waals surface area contributed by atoms with Gasteiger partial charge < -0.3 is 0 Å². The van der Waals surface area contributed by atoms with Crippen LogP contribution in [0.15, 0.2) is 0 Å². The Bertz CT molecular complexity index is 609. The van der Waals surface area contributed by atoms with Gasteiger partial charge in [-0.3, -0.25) is 9.59 Å². The Balaban J connectivity index is 1.52. The van der Waals surface area contributed by atoms with E-state index in [1.807, 2.05) is 6.92 Å². The molecule has 4 saturated carbocycles. The average molecular weight is 373 g/mol. The lowest BCUT2D eigenvalue weighted by Gasteiger charge is -2.61. The van der Waals surface area contributed by atoms with Crippen LogP contribution in [0.5, 0.6) is 0 Å². The highest BCUT2D eigenvalue weighted by molar-refractivity contribution is 5.81. The summed E-state index contributed by atoms with van der Waals surface area (Å²) in [5.41, 5.74) is 0.714. The van der Waals surface area contributed by atoms with E-state index in [0.717, 1.165) is 55.8 Å². The van der Waals surface area contributed by atoms with Crippen LogP contribution in [0.3, 0.4) is 0 Å². The summed E-state index contributed by atoms with van der Waals surface area (Å²) in [6.45, 7) is 8.99. The molecule has 0 spiro atoms. The fourth-order valence-corrected chi connectivity index (χ4v) is 8.67. The molecule has 152 valence electrons. The van der Waals surface area contributed by atoms with Crippen LogP contribution in [0.4, 0.5) is 0 Å². The zero-order chi connectivity index (χ0) is 19.4. The molecule has 0 unspecified atom stereocenters. The van der Waals surface area contributed by atoms with Crippen molar-refractivity contribution in [1.29, 1.82) is 0 Å². The first kappa shape index (κ1) is 19.6. The van der Waals surface area contributed by atoms with Crippen molar-refractivity contribution < 1.29 is 9.59 Å². The van der Waals surface area contributed by atoms with E-state index < -0.39 is 0 Å². The second kappa shape index (κ2) is 6.99. The first-order chi connectivity index (χ1) is 12.8. The van der Waals surface area contributed by atoms with E-state index in [1.165, 1.54) is 38.5 Å². The minimum absolute atomic E-state index is 0.268. The van der Waals surface area contributed by atoms with E-state index in [1.54, 1.807) is 0 Å². The number of hydrogen-bond acceptors (Lipinski definition) is 2. The van der Waals surface area contributed by atoms with Crippen LogP contribution >= 0.6 is 0 Å². The van der Waals surface area contributed by atoms with Gasteiger partial charge >= 0.3 is 0 Å². The Hall–Kier alpha value is -0.660. The lowest BCUT2D eigenvalue weighted by molar-refractivity contribution is -0.140. The molecule has 0 aromatic rings. The van der Waals surface area contributed by atoms with Crippen molar-refractivity contribution in [2.75, 3.05) is 0 Å². The maximum absolute atomic E-state index is 12.5. The van der Waals surface area contributed by atoms with E-state index >= 15 is 0 Å². The van der Waals surface area contributed by atoms with Gasteiger partial charge in [0.05, 0.1) is 0 Å². The maximum Gasteiger partial charge on any atom is 0.135 e. The van der Waals surface area contributed by atoms with Gasteiger partial charge in [0, 0.05) is 18.3 Å². The van der Waals surface area contributed by atoms with E-state index in [2.05, 4.69) is 20.8 Å². The normalized spacial score (nSPS) is 49.0. The van der Waals surface area contributed by atoms with Crippen LogP contribution in [-0.4, -0.2) is 11.6 Å². The van der Waals surface area contributed by atoms with Gasteiger partial charge in [-0.25, -0.2) is 0 Å². The zero-order valence-corrected chi connectivity index (χ0v) is 18.1. The molecule has 0 bridgehead atoms. The van der Waals surface area contributed by atoms with Gasteiger partial charge in [-0.05, 0) is 106 Å². The van der Waals surface area contributed by atoms with Crippen molar-refractivity contribution in [3.63, 3.8) is 0 Å². The van der Waals surface area contributed by atoms with Crippen LogP contribution in [0.2, 0.25) is 0 Å². The number of fused-ring (bicyclic) bond motifs is 5. The molecule has 4 aliphatic rings. The zero-order valence-electron chi connectivity index (χ0n) is 18.1. The summed E-state index contributed by atoms with van der Waals surface area (Å²) >= 11 is 0. The van der Waals surface area contributed by atoms with Gasteiger partial charge in [0.1, 0.15) is 11.6 Å². The van der Waals surface area contributed by atoms with Crippen LogP contribution in [0.25, 0.3) is 0 Å². The summed E-state index contributed by atoms with van der Waals surface area (Å²) in [4.78, 5) is 24.8. The summed E-state index contributed by atoms with van der Waals surface area (Å²) < 4.78 is 0. The average Bonchev–Trinajstić information content (AvgIpc) is 2.98. The number of carbonyl (C=O) groups excluding carboxylic acids is 2. The molecule has 0 aromatic carbocycles. The molecule has 0 radical (unpaired) electrons. The second-order valence-electron chi connectivity index (χ2n) is 11.1. The Kier molecular flexibility index (Phi) is 5.09. The number of hydrogen-bond donors (Lipinski definition) is 0. The molecule has 4 fully saturated rings. The van der Waals surface area contributed by atoms with Gasteiger partial charge in [0.2, 0.25) is 0 Å². The number of Topliss-reactive ketones (excluding diaryl/α,β-unsaturated/α-hetero) is 2. The fraction of sp³-hybridized carbons (Fsp3) is 0.920. The minimum Gasteiger partial charge on any atom is -0.300 e. The summed E-state index contributed by atoms with van der Waals surface area (Å²) in [5, 5.41) is 0. The SMILES string of the molecule is CCCC(=O)[C@@H]1CC[C@@]2(C)[C@@H](CC[C@@H]3[C@@H]2CC[C@]2(C)[C@@H](C(C)=O)CC[C@@H]32)C1. The third kappa shape index (κ3) is 2.96. The smallest absolute Gasteiger partial charge is 0.135 e. The Morgan fingerprint density at radius 2 is 1.59 bits per heavy atom. The summed E-state index contributed by atoms with van der Waals surface area (Å²) in [7, 11) is 0. The van der Waals surface area contributed by atoms with Crippen LogP contribution in [0.1, 0.15) is 98.3 Å². The summed E-state index contributed by atoms with van der Waals surface area (Å²) in [6, 6.07) is 0. The first-order valence-electron chi connectivity index (χ1n) is 11.8. The van der Waals surface area contributed by atoms with Gasteiger partial charge in [-0.15, -0.1) is 0 Å². The largest absolute Gasteiger partial charge is 0.300 e. The lowest BCUT2D eigenvalue weighted by atomic mass is 9.44. The molecule has 2 nitrogen and oxygen atoms in total. The van der Waals surface area contributed by atoms with Crippen LogP contribution in [-0.2, 0) is 9.59 Å². The highest BCUT2D eigenvalue weighted by Gasteiger charge is 2.60. The van der Waals surface area contributed by atoms with Gasteiger partial charge in [-0.2, -0.15) is 0 Å². The number of ketones is 2. The van der Waals surface area contributed by atoms with Crippen molar-refractivity contribution in [3.05, 3.63) is 0 Å². The molecule has 0 heterocycles. The quantitative estimate of drug-likeness (QED) is 0.587. The van der Waals surface area contributed by atoms with Crippen LogP contribution in [0, 0.1) is 46.3 Å². The highest BCUT2D eigenvalue weighted by Crippen LogP contribution is 2.67. The lowest BCUT2D eigenvalue weighted by Crippen LogP contribution is -2.54. The van der Waals surface area contributed by atoms with E-state index in [-0.39, 0.29) is 5.41 Å². The third-order valence-electron chi connectivity index (χ3n) is 10.1. The first-order valence-corrected chi connectivity index (χ1v) is 11.8. The Morgan fingerprint density at radius 1 is 0.889 bits per heavy atom. The van der Waals surface area contributed by atoms with E-state index in [9.17, 15) is 9.59 Å². The molecule has 0 amide bonds. The number of carbonyl (C=O) groups is 2. The molecule has 0 aromatic heterocycles. The fourth-order valence-electron chi connectivity index (χ4n) is 8.67. The second-order valence-corrected chi connectivity index (χ2v) is 11.1. The highest BCUT2D eigenvalue weighted by atomic mass is 16.1.